The van der Waals surface area contributed by atoms with Crippen LogP contribution in [0.25, 0.3) is 0 Å². The maximum atomic E-state index is 11.9. The topological polar surface area (TPSA) is 57.9 Å². The number of hydrogen-bond donors (Lipinski definition) is 0. The Hall–Kier alpha value is -2.21. The van der Waals surface area contributed by atoms with Crippen molar-refractivity contribution in [2.75, 3.05) is 0 Å². The number of rotatable bonds is 5. The fourth-order valence-electron chi connectivity index (χ4n) is 1.36. The standard InChI is InChI=1S/C14H13NO2/c1-10(2)13(16)8-12(9-15)14(17)11-6-4-3-5-7-11/h3-7,12H,1,8H2,2H3. The predicted molar refractivity (Wildman–Crippen MR) is 64.3 cm³/mol. The summed E-state index contributed by atoms with van der Waals surface area (Å²) in [6, 6.07) is 10.4. The van der Waals surface area contributed by atoms with Gasteiger partial charge in [-0.25, -0.2) is 0 Å². The van der Waals surface area contributed by atoms with E-state index in [9.17, 15) is 9.59 Å². The molecule has 0 aliphatic heterocycles. The summed E-state index contributed by atoms with van der Waals surface area (Å²) in [6.45, 7) is 5.08. The van der Waals surface area contributed by atoms with Gasteiger partial charge in [0.15, 0.2) is 11.6 Å². The second-order valence-corrected chi connectivity index (χ2v) is 3.82. The minimum absolute atomic E-state index is 0.0977. The summed E-state index contributed by atoms with van der Waals surface area (Å²) in [6.07, 6.45) is -0.0977. The van der Waals surface area contributed by atoms with E-state index >= 15 is 0 Å². The van der Waals surface area contributed by atoms with Gasteiger partial charge in [0.25, 0.3) is 0 Å². The molecule has 0 saturated heterocycles. The zero-order chi connectivity index (χ0) is 12.8. The number of Topliss-reactive ketones (excluding diaryl/α,β-unsaturated/α-hetero) is 2. The molecule has 0 aliphatic carbocycles. The van der Waals surface area contributed by atoms with Crippen LogP contribution in [0.1, 0.15) is 23.7 Å². The van der Waals surface area contributed by atoms with Crippen molar-refractivity contribution in [3.8, 4) is 6.07 Å². The van der Waals surface area contributed by atoms with E-state index in [-0.39, 0.29) is 18.0 Å². The Morgan fingerprint density at radius 2 is 1.94 bits per heavy atom. The molecule has 0 heterocycles. The lowest BCUT2D eigenvalue weighted by molar-refractivity contribution is -0.115. The second kappa shape index (κ2) is 5.76. The molecule has 0 bridgehead atoms. The predicted octanol–water partition coefficient (Wildman–Crippen LogP) is 2.54. The lowest BCUT2D eigenvalue weighted by atomic mass is 9.92. The van der Waals surface area contributed by atoms with Crippen LogP contribution in [0.15, 0.2) is 42.5 Å². The normalized spacial score (nSPS) is 11.3. The van der Waals surface area contributed by atoms with Crippen molar-refractivity contribution in [1.82, 2.24) is 0 Å². The zero-order valence-corrected chi connectivity index (χ0v) is 9.64. The van der Waals surface area contributed by atoms with Crippen LogP contribution < -0.4 is 0 Å². The Kier molecular flexibility index (Phi) is 4.36. The van der Waals surface area contributed by atoms with Crippen molar-refractivity contribution in [1.29, 1.82) is 5.26 Å². The molecule has 3 nitrogen and oxygen atoms in total. The molecule has 1 aromatic rings. The maximum absolute atomic E-state index is 11.9. The Labute approximate surface area is 100 Å². The van der Waals surface area contributed by atoms with Gasteiger partial charge in [-0.15, -0.1) is 0 Å². The first-order chi connectivity index (χ1) is 8.06. The summed E-state index contributed by atoms with van der Waals surface area (Å²) >= 11 is 0. The van der Waals surface area contributed by atoms with Gasteiger partial charge in [-0.3, -0.25) is 9.59 Å². The molecule has 0 aliphatic rings. The number of nitriles is 1. The summed E-state index contributed by atoms with van der Waals surface area (Å²) in [4.78, 5) is 23.4. The minimum Gasteiger partial charge on any atom is -0.295 e. The first-order valence-corrected chi connectivity index (χ1v) is 5.24. The monoisotopic (exact) mass is 227 g/mol. The average molecular weight is 227 g/mol. The van der Waals surface area contributed by atoms with Crippen molar-refractivity contribution in [3.63, 3.8) is 0 Å². The van der Waals surface area contributed by atoms with Crippen molar-refractivity contribution in [2.45, 2.75) is 13.3 Å². The van der Waals surface area contributed by atoms with Gasteiger partial charge < -0.3 is 0 Å². The number of hydrogen-bond acceptors (Lipinski definition) is 3. The van der Waals surface area contributed by atoms with Crippen molar-refractivity contribution in [3.05, 3.63) is 48.0 Å². The molecule has 17 heavy (non-hydrogen) atoms. The van der Waals surface area contributed by atoms with E-state index in [1.807, 2.05) is 6.07 Å². The number of ketones is 2. The third-order valence-electron chi connectivity index (χ3n) is 2.40. The molecule has 1 unspecified atom stereocenters. The number of allylic oxidation sites excluding steroid dienone is 1. The Balaban J connectivity index is 2.83. The minimum atomic E-state index is -0.929. The first kappa shape index (κ1) is 12.9. The smallest absolute Gasteiger partial charge is 0.180 e. The number of nitrogens with zero attached hydrogens (tertiary/aromatic N) is 1. The lowest BCUT2D eigenvalue weighted by Gasteiger charge is -2.07. The second-order valence-electron chi connectivity index (χ2n) is 3.82. The highest BCUT2D eigenvalue weighted by Gasteiger charge is 2.22. The molecule has 0 aromatic heterocycles. The number of carbonyl (C=O) groups excluding carboxylic acids is 2. The van der Waals surface area contributed by atoms with Crippen LogP contribution in [0.4, 0.5) is 0 Å². The lowest BCUT2D eigenvalue weighted by Crippen LogP contribution is -2.17. The Bertz CT molecular complexity index is 483. The van der Waals surface area contributed by atoms with Gasteiger partial charge in [0.1, 0.15) is 5.92 Å². The van der Waals surface area contributed by atoms with Crippen LogP contribution in [0.5, 0.6) is 0 Å². The SMILES string of the molecule is C=C(C)C(=O)CC(C#N)C(=O)c1ccccc1. The molecule has 1 atom stereocenters. The first-order valence-electron chi connectivity index (χ1n) is 5.24. The van der Waals surface area contributed by atoms with Gasteiger partial charge >= 0.3 is 0 Å². The summed E-state index contributed by atoms with van der Waals surface area (Å²) in [5.74, 6) is -1.50. The van der Waals surface area contributed by atoms with Crippen LogP contribution >= 0.6 is 0 Å². The van der Waals surface area contributed by atoms with Gasteiger partial charge in [0.2, 0.25) is 0 Å². The van der Waals surface area contributed by atoms with Crippen LogP contribution in [-0.4, -0.2) is 11.6 Å². The molecule has 0 N–H and O–H groups in total. The van der Waals surface area contributed by atoms with Gasteiger partial charge in [-0.1, -0.05) is 36.9 Å². The zero-order valence-electron chi connectivity index (χ0n) is 9.64. The number of carbonyl (C=O) groups is 2. The van der Waals surface area contributed by atoms with Crippen LogP contribution in [0.2, 0.25) is 0 Å². The molecule has 0 amide bonds. The molecule has 1 aromatic carbocycles. The Morgan fingerprint density at radius 3 is 2.41 bits per heavy atom. The third kappa shape index (κ3) is 3.39. The summed E-state index contributed by atoms with van der Waals surface area (Å²) in [5.41, 5.74) is 0.819. The highest BCUT2D eigenvalue weighted by molar-refractivity contribution is 6.04. The molecule has 3 heteroatoms. The van der Waals surface area contributed by atoms with E-state index in [1.54, 1.807) is 37.3 Å². The molecule has 86 valence electrons. The van der Waals surface area contributed by atoms with E-state index in [0.717, 1.165) is 0 Å². The number of benzene rings is 1. The highest BCUT2D eigenvalue weighted by atomic mass is 16.1. The van der Waals surface area contributed by atoms with Crippen LogP contribution in [-0.2, 0) is 4.79 Å². The molecule has 0 fully saturated rings. The van der Waals surface area contributed by atoms with E-state index in [2.05, 4.69) is 6.58 Å². The largest absolute Gasteiger partial charge is 0.295 e. The molecule has 0 radical (unpaired) electrons. The summed E-state index contributed by atoms with van der Waals surface area (Å²) in [7, 11) is 0. The quantitative estimate of drug-likeness (QED) is 0.573. The van der Waals surface area contributed by atoms with Crippen molar-refractivity contribution in [2.24, 2.45) is 5.92 Å². The average Bonchev–Trinajstić information content (AvgIpc) is 2.35. The molecule has 1 rings (SSSR count). The van der Waals surface area contributed by atoms with E-state index < -0.39 is 5.92 Å². The van der Waals surface area contributed by atoms with Crippen molar-refractivity contribution >= 4 is 11.6 Å². The Morgan fingerprint density at radius 1 is 1.35 bits per heavy atom. The maximum Gasteiger partial charge on any atom is 0.180 e. The highest BCUT2D eigenvalue weighted by Crippen LogP contribution is 2.14. The van der Waals surface area contributed by atoms with E-state index in [4.69, 9.17) is 5.26 Å². The molecular formula is C14H13NO2. The van der Waals surface area contributed by atoms with E-state index in [0.29, 0.717) is 11.1 Å². The summed E-state index contributed by atoms with van der Waals surface area (Å²) < 4.78 is 0. The van der Waals surface area contributed by atoms with Gasteiger partial charge in [0, 0.05) is 12.0 Å². The van der Waals surface area contributed by atoms with Crippen LogP contribution in [0.3, 0.4) is 0 Å². The molecule has 0 saturated carbocycles. The third-order valence-corrected chi connectivity index (χ3v) is 2.40. The van der Waals surface area contributed by atoms with Gasteiger partial charge in [0.05, 0.1) is 6.07 Å². The fourth-order valence-corrected chi connectivity index (χ4v) is 1.36. The molecular weight excluding hydrogens is 214 g/mol. The van der Waals surface area contributed by atoms with Crippen LogP contribution in [0, 0.1) is 17.2 Å². The van der Waals surface area contributed by atoms with E-state index in [1.165, 1.54) is 0 Å². The van der Waals surface area contributed by atoms with Gasteiger partial charge in [-0.05, 0) is 12.5 Å². The van der Waals surface area contributed by atoms with Crippen molar-refractivity contribution < 1.29 is 9.59 Å². The summed E-state index contributed by atoms with van der Waals surface area (Å²) in [5, 5.41) is 8.94. The molecule has 0 spiro atoms. The fraction of sp³-hybridized carbons (Fsp3) is 0.214. The van der Waals surface area contributed by atoms with Gasteiger partial charge in [-0.2, -0.15) is 5.26 Å².